The average Bonchev–Trinajstić information content (AvgIpc) is 1.89. The van der Waals surface area contributed by atoms with Crippen molar-refractivity contribution in [2.75, 3.05) is 7.05 Å². The Morgan fingerprint density at radius 1 is 1.44 bits per heavy atom. The Morgan fingerprint density at radius 3 is 2.67 bits per heavy atom. The van der Waals surface area contributed by atoms with E-state index in [1.807, 2.05) is 32.3 Å². The smallest absolute Gasteiger partial charge is 0.0360 e. The molecule has 0 saturated carbocycles. The zero-order chi connectivity index (χ0) is 6.69. The summed E-state index contributed by atoms with van der Waals surface area (Å²) in [5, 5.41) is 0. The number of hydrogen-bond acceptors (Lipinski definition) is 1. The maximum atomic E-state index is 2.08. The Labute approximate surface area is 56.0 Å². The number of rotatable bonds is 0. The van der Waals surface area contributed by atoms with Gasteiger partial charge in [-0.3, -0.25) is 0 Å². The fraction of sp³-hybridized carbons (Fsp3) is 0.250. The molecule has 1 aliphatic heterocycles. The van der Waals surface area contributed by atoms with E-state index >= 15 is 0 Å². The third-order valence-electron chi connectivity index (χ3n) is 1.39. The van der Waals surface area contributed by atoms with Gasteiger partial charge in [0, 0.05) is 18.9 Å². The van der Waals surface area contributed by atoms with Crippen LogP contribution >= 0.6 is 0 Å². The lowest BCUT2D eigenvalue weighted by Crippen LogP contribution is -2.09. The highest BCUT2D eigenvalue weighted by atomic mass is 15.1. The van der Waals surface area contributed by atoms with Crippen LogP contribution in [0.25, 0.3) is 0 Å². The summed E-state index contributed by atoms with van der Waals surface area (Å²) in [6.45, 7) is 2.04. The Morgan fingerprint density at radius 2 is 2.22 bits per heavy atom. The molecule has 1 nitrogen and oxygen atoms in total. The molecule has 0 radical (unpaired) electrons. The molecule has 0 aromatic carbocycles. The molecule has 0 amide bonds. The summed E-state index contributed by atoms with van der Waals surface area (Å²) in [6.07, 6.45) is 10.3. The quantitative estimate of drug-likeness (QED) is 0.473. The first-order valence-corrected chi connectivity index (χ1v) is 3.08. The minimum Gasteiger partial charge on any atom is -0.351 e. The van der Waals surface area contributed by atoms with Crippen molar-refractivity contribution in [3.05, 3.63) is 36.2 Å². The number of nitrogens with zero attached hydrogens (tertiary/aromatic N) is 1. The van der Waals surface area contributed by atoms with Gasteiger partial charge in [-0.2, -0.15) is 0 Å². The molecule has 0 unspecified atom stereocenters. The number of likely N-dealkylation sites (N-methyl/N-ethyl adjacent to an activating group) is 1. The highest BCUT2D eigenvalue weighted by Gasteiger charge is 1.95. The van der Waals surface area contributed by atoms with Crippen molar-refractivity contribution in [1.29, 1.82) is 0 Å². The van der Waals surface area contributed by atoms with Crippen LogP contribution in [0.1, 0.15) is 6.92 Å². The number of hydrogen-bond donors (Lipinski definition) is 0. The summed E-state index contributed by atoms with van der Waals surface area (Å²) in [7, 11) is 2.04. The molecule has 1 rings (SSSR count). The fourth-order valence-electron chi connectivity index (χ4n) is 0.836. The minimum atomic E-state index is 1.25. The van der Waals surface area contributed by atoms with Gasteiger partial charge >= 0.3 is 0 Å². The van der Waals surface area contributed by atoms with Crippen LogP contribution in [0.4, 0.5) is 0 Å². The van der Waals surface area contributed by atoms with E-state index in [2.05, 4.69) is 17.1 Å². The third-order valence-corrected chi connectivity index (χ3v) is 1.39. The Bertz CT molecular complexity index is 175. The van der Waals surface area contributed by atoms with Gasteiger partial charge in [-0.15, -0.1) is 0 Å². The second-order valence-electron chi connectivity index (χ2n) is 2.03. The molecule has 0 saturated heterocycles. The molecule has 48 valence electrons. The molecular formula is C8H11N. The summed E-state index contributed by atoms with van der Waals surface area (Å²) in [4.78, 5) is 2.08. The molecule has 0 fully saturated rings. The summed E-state index contributed by atoms with van der Waals surface area (Å²) < 4.78 is 0. The van der Waals surface area contributed by atoms with Crippen molar-refractivity contribution in [2.45, 2.75) is 6.92 Å². The van der Waals surface area contributed by atoms with Crippen LogP contribution in [0.5, 0.6) is 0 Å². The molecule has 0 atom stereocenters. The van der Waals surface area contributed by atoms with Crippen molar-refractivity contribution in [3.63, 3.8) is 0 Å². The summed E-state index contributed by atoms with van der Waals surface area (Å²) in [5.74, 6) is 0. The monoisotopic (exact) mass is 121 g/mol. The lowest BCUT2D eigenvalue weighted by molar-refractivity contribution is 0.582. The first-order chi connectivity index (χ1) is 4.34. The van der Waals surface area contributed by atoms with Crippen molar-refractivity contribution >= 4 is 0 Å². The number of allylic oxidation sites excluding steroid dienone is 4. The van der Waals surface area contributed by atoms with Gasteiger partial charge in [-0.1, -0.05) is 12.2 Å². The molecule has 0 aliphatic carbocycles. The fourth-order valence-corrected chi connectivity index (χ4v) is 0.836. The molecule has 0 aromatic rings. The van der Waals surface area contributed by atoms with Crippen LogP contribution in [0.3, 0.4) is 0 Å². The standard InChI is InChI=1S/C8H11N/c1-3-8-6-4-5-7-9(8)2/h3-7H,1-2H3/b8-3-. The molecular weight excluding hydrogens is 110 g/mol. The Balaban J connectivity index is 2.78. The van der Waals surface area contributed by atoms with Gasteiger partial charge in [0.1, 0.15) is 0 Å². The van der Waals surface area contributed by atoms with Crippen LogP contribution in [-0.2, 0) is 0 Å². The highest BCUT2D eigenvalue weighted by molar-refractivity contribution is 5.26. The molecule has 1 heterocycles. The third kappa shape index (κ3) is 1.22. The predicted octanol–water partition coefficient (Wildman–Crippen LogP) is 1.91. The second kappa shape index (κ2) is 2.53. The van der Waals surface area contributed by atoms with E-state index < -0.39 is 0 Å². The van der Waals surface area contributed by atoms with Crippen molar-refractivity contribution in [3.8, 4) is 0 Å². The van der Waals surface area contributed by atoms with E-state index in [0.29, 0.717) is 0 Å². The molecule has 1 heteroatoms. The lowest BCUT2D eigenvalue weighted by Gasteiger charge is -2.16. The van der Waals surface area contributed by atoms with Gasteiger partial charge in [0.25, 0.3) is 0 Å². The van der Waals surface area contributed by atoms with Gasteiger partial charge in [-0.25, -0.2) is 0 Å². The van der Waals surface area contributed by atoms with E-state index in [1.54, 1.807) is 0 Å². The maximum absolute atomic E-state index is 2.08. The SMILES string of the molecule is C/C=C1/C=CC=CN1C. The van der Waals surface area contributed by atoms with Crippen LogP contribution < -0.4 is 0 Å². The van der Waals surface area contributed by atoms with E-state index in [-0.39, 0.29) is 0 Å². The van der Waals surface area contributed by atoms with E-state index in [4.69, 9.17) is 0 Å². The molecule has 0 N–H and O–H groups in total. The van der Waals surface area contributed by atoms with Crippen LogP contribution in [0.15, 0.2) is 36.2 Å². The van der Waals surface area contributed by atoms with Gasteiger partial charge in [0.2, 0.25) is 0 Å². The molecule has 0 bridgehead atoms. The first kappa shape index (κ1) is 6.14. The summed E-state index contributed by atoms with van der Waals surface area (Å²) in [5.41, 5.74) is 1.25. The molecule has 1 aliphatic rings. The first-order valence-electron chi connectivity index (χ1n) is 3.08. The molecule has 9 heavy (non-hydrogen) atoms. The summed E-state index contributed by atoms with van der Waals surface area (Å²) >= 11 is 0. The van der Waals surface area contributed by atoms with Gasteiger partial charge < -0.3 is 4.90 Å². The lowest BCUT2D eigenvalue weighted by atomic mass is 10.3. The van der Waals surface area contributed by atoms with Crippen LogP contribution in [-0.4, -0.2) is 11.9 Å². The van der Waals surface area contributed by atoms with Crippen molar-refractivity contribution in [2.24, 2.45) is 0 Å². The van der Waals surface area contributed by atoms with Crippen LogP contribution in [0, 0.1) is 0 Å². The molecule has 0 aromatic heterocycles. The Kier molecular flexibility index (Phi) is 1.73. The predicted molar refractivity (Wildman–Crippen MR) is 39.8 cm³/mol. The van der Waals surface area contributed by atoms with Crippen molar-refractivity contribution in [1.82, 2.24) is 4.90 Å². The largest absolute Gasteiger partial charge is 0.351 e. The van der Waals surface area contributed by atoms with E-state index in [9.17, 15) is 0 Å². The zero-order valence-corrected chi connectivity index (χ0v) is 5.83. The Hall–Kier alpha value is -0.980. The van der Waals surface area contributed by atoms with E-state index in [1.165, 1.54) is 5.70 Å². The van der Waals surface area contributed by atoms with Gasteiger partial charge in [0.05, 0.1) is 0 Å². The van der Waals surface area contributed by atoms with Gasteiger partial charge in [-0.05, 0) is 19.1 Å². The van der Waals surface area contributed by atoms with Crippen molar-refractivity contribution < 1.29 is 0 Å². The molecule has 0 spiro atoms. The average molecular weight is 121 g/mol. The highest BCUT2D eigenvalue weighted by Crippen LogP contribution is 2.07. The second-order valence-corrected chi connectivity index (χ2v) is 2.03. The van der Waals surface area contributed by atoms with Gasteiger partial charge in [0.15, 0.2) is 0 Å². The maximum Gasteiger partial charge on any atom is 0.0360 e. The normalized spacial score (nSPS) is 21.6. The van der Waals surface area contributed by atoms with E-state index in [0.717, 1.165) is 0 Å². The van der Waals surface area contributed by atoms with Crippen LogP contribution in [0.2, 0.25) is 0 Å². The zero-order valence-electron chi connectivity index (χ0n) is 5.83. The minimum absolute atomic E-state index is 1.25. The topological polar surface area (TPSA) is 3.24 Å². The summed E-state index contributed by atoms with van der Waals surface area (Å²) in [6, 6.07) is 0.